The number of nitrogens with one attached hydrogen (secondary N) is 1. The van der Waals surface area contributed by atoms with Gasteiger partial charge in [0.25, 0.3) is 5.91 Å². The van der Waals surface area contributed by atoms with Gasteiger partial charge in [-0.25, -0.2) is 0 Å². The second-order valence-electron chi connectivity index (χ2n) is 4.39. The number of carbonyl (C=O) groups is 1. The lowest BCUT2D eigenvalue weighted by Crippen LogP contribution is -2.48. The number of phenols is 1. The molecule has 1 amide bonds. The van der Waals surface area contributed by atoms with Crippen molar-refractivity contribution in [3.8, 4) is 5.75 Å². The lowest BCUT2D eigenvalue weighted by molar-refractivity contribution is -0.00349. The van der Waals surface area contributed by atoms with Crippen LogP contribution in [0.2, 0.25) is 0 Å². The number of benzene rings is 2. The summed E-state index contributed by atoms with van der Waals surface area (Å²) in [6, 6.07) is 11.0. The van der Waals surface area contributed by atoms with E-state index in [1.807, 2.05) is 24.3 Å². The van der Waals surface area contributed by atoms with Crippen molar-refractivity contribution in [1.29, 1.82) is 0 Å². The Hall–Kier alpha value is -2.07. The van der Waals surface area contributed by atoms with Crippen LogP contribution in [0.15, 0.2) is 36.4 Å². The Kier molecular flexibility index (Phi) is 2.64. The molecule has 0 unspecified atom stereocenters. The SMILES string of the molecule is O=C(NC1COC1)c1ccc2ccccc2c1O. The maximum absolute atomic E-state index is 12.0. The summed E-state index contributed by atoms with van der Waals surface area (Å²) < 4.78 is 4.99. The number of fused-ring (bicyclic) bond motifs is 1. The zero-order chi connectivity index (χ0) is 12.5. The van der Waals surface area contributed by atoms with E-state index in [4.69, 9.17) is 4.74 Å². The normalized spacial score (nSPS) is 15.3. The van der Waals surface area contributed by atoms with Crippen LogP contribution in [0, 0.1) is 0 Å². The van der Waals surface area contributed by atoms with E-state index in [1.54, 1.807) is 12.1 Å². The van der Waals surface area contributed by atoms with E-state index in [-0.39, 0.29) is 17.7 Å². The third-order valence-electron chi connectivity index (χ3n) is 3.12. The van der Waals surface area contributed by atoms with Crippen LogP contribution >= 0.6 is 0 Å². The molecule has 0 radical (unpaired) electrons. The van der Waals surface area contributed by atoms with Gasteiger partial charge in [0.2, 0.25) is 0 Å². The van der Waals surface area contributed by atoms with Gasteiger partial charge < -0.3 is 15.2 Å². The van der Waals surface area contributed by atoms with Gasteiger partial charge >= 0.3 is 0 Å². The molecule has 1 heterocycles. The van der Waals surface area contributed by atoms with Crippen molar-refractivity contribution < 1.29 is 14.6 Å². The Labute approximate surface area is 104 Å². The molecule has 2 aromatic carbocycles. The molecule has 0 saturated carbocycles. The summed E-state index contributed by atoms with van der Waals surface area (Å²) >= 11 is 0. The maximum Gasteiger partial charge on any atom is 0.255 e. The molecule has 0 atom stereocenters. The van der Waals surface area contributed by atoms with Crippen LogP contribution in [0.1, 0.15) is 10.4 Å². The highest BCUT2D eigenvalue weighted by atomic mass is 16.5. The van der Waals surface area contributed by atoms with Crippen LogP contribution in [0.25, 0.3) is 10.8 Å². The highest BCUT2D eigenvalue weighted by Gasteiger charge is 2.22. The molecule has 2 N–H and O–H groups in total. The minimum Gasteiger partial charge on any atom is -0.506 e. The molecule has 0 aliphatic carbocycles. The number of aromatic hydroxyl groups is 1. The van der Waals surface area contributed by atoms with Gasteiger partial charge in [-0.15, -0.1) is 0 Å². The first-order valence-electron chi connectivity index (χ1n) is 5.85. The lowest BCUT2D eigenvalue weighted by atomic mass is 10.0. The summed E-state index contributed by atoms with van der Waals surface area (Å²) in [5.74, 6) is -0.225. The smallest absolute Gasteiger partial charge is 0.255 e. The Bertz CT molecular complexity index is 605. The average molecular weight is 243 g/mol. The predicted molar refractivity (Wildman–Crippen MR) is 67.7 cm³/mol. The van der Waals surface area contributed by atoms with Gasteiger partial charge in [0.05, 0.1) is 24.8 Å². The third-order valence-corrected chi connectivity index (χ3v) is 3.12. The summed E-state index contributed by atoms with van der Waals surface area (Å²) in [7, 11) is 0. The molecular weight excluding hydrogens is 230 g/mol. The Morgan fingerprint density at radius 3 is 2.72 bits per heavy atom. The number of phenolic OH excluding ortho intramolecular Hbond substituents is 1. The molecule has 4 heteroatoms. The predicted octanol–water partition coefficient (Wildman–Crippen LogP) is 1.67. The largest absolute Gasteiger partial charge is 0.506 e. The highest BCUT2D eigenvalue weighted by Crippen LogP contribution is 2.28. The van der Waals surface area contributed by atoms with E-state index in [2.05, 4.69) is 5.32 Å². The van der Waals surface area contributed by atoms with Crippen molar-refractivity contribution in [3.05, 3.63) is 42.0 Å². The molecule has 92 valence electrons. The fourth-order valence-corrected chi connectivity index (χ4v) is 2.02. The molecule has 1 aliphatic rings. The van der Waals surface area contributed by atoms with Gasteiger partial charge in [-0.2, -0.15) is 0 Å². The minimum atomic E-state index is -0.258. The van der Waals surface area contributed by atoms with Crippen molar-refractivity contribution in [2.24, 2.45) is 0 Å². The second kappa shape index (κ2) is 4.31. The van der Waals surface area contributed by atoms with Crippen LogP contribution in [-0.2, 0) is 4.74 Å². The summed E-state index contributed by atoms with van der Waals surface area (Å²) in [4.78, 5) is 12.0. The molecule has 2 aromatic rings. The summed E-state index contributed by atoms with van der Waals surface area (Å²) in [6.07, 6.45) is 0. The van der Waals surface area contributed by atoms with Crippen LogP contribution < -0.4 is 5.32 Å². The Morgan fingerprint density at radius 1 is 1.22 bits per heavy atom. The highest BCUT2D eigenvalue weighted by molar-refractivity contribution is 6.03. The number of carbonyl (C=O) groups excluding carboxylic acids is 1. The van der Waals surface area contributed by atoms with Crippen molar-refractivity contribution in [2.45, 2.75) is 6.04 Å². The molecule has 3 rings (SSSR count). The zero-order valence-electron chi connectivity index (χ0n) is 9.72. The van der Waals surface area contributed by atoms with Gasteiger partial charge in [0.15, 0.2) is 0 Å². The fraction of sp³-hybridized carbons (Fsp3) is 0.214. The summed E-state index contributed by atoms with van der Waals surface area (Å²) in [5.41, 5.74) is 0.306. The van der Waals surface area contributed by atoms with Gasteiger partial charge in [-0.3, -0.25) is 4.79 Å². The standard InChI is InChI=1S/C14H13NO3/c16-13-11-4-2-1-3-9(11)5-6-12(13)14(17)15-10-7-18-8-10/h1-6,10,16H,7-8H2,(H,15,17). The van der Waals surface area contributed by atoms with Gasteiger partial charge in [0, 0.05) is 5.39 Å². The molecule has 1 saturated heterocycles. The zero-order valence-corrected chi connectivity index (χ0v) is 9.72. The van der Waals surface area contributed by atoms with E-state index in [0.717, 1.165) is 5.39 Å². The van der Waals surface area contributed by atoms with Gasteiger partial charge in [-0.1, -0.05) is 30.3 Å². The first kappa shape index (κ1) is 11.0. The van der Waals surface area contributed by atoms with Crippen molar-refractivity contribution >= 4 is 16.7 Å². The first-order chi connectivity index (χ1) is 8.75. The van der Waals surface area contributed by atoms with Crippen molar-refractivity contribution in [3.63, 3.8) is 0 Å². The number of hydrogen-bond acceptors (Lipinski definition) is 3. The topological polar surface area (TPSA) is 58.6 Å². The van der Waals surface area contributed by atoms with Crippen molar-refractivity contribution in [1.82, 2.24) is 5.32 Å². The summed E-state index contributed by atoms with van der Waals surface area (Å²) in [6.45, 7) is 1.08. The number of rotatable bonds is 2. The maximum atomic E-state index is 12.0. The van der Waals surface area contributed by atoms with E-state index in [0.29, 0.717) is 24.2 Å². The monoisotopic (exact) mass is 243 g/mol. The molecule has 0 aromatic heterocycles. The van der Waals surface area contributed by atoms with E-state index in [9.17, 15) is 9.90 Å². The molecular formula is C14H13NO3. The van der Waals surface area contributed by atoms with E-state index < -0.39 is 0 Å². The quantitative estimate of drug-likeness (QED) is 0.843. The Morgan fingerprint density at radius 2 is 2.00 bits per heavy atom. The summed E-state index contributed by atoms with van der Waals surface area (Å²) in [5, 5.41) is 14.6. The number of amides is 1. The van der Waals surface area contributed by atoms with Crippen LogP contribution in [-0.4, -0.2) is 30.3 Å². The molecule has 0 bridgehead atoms. The third kappa shape index (κ3) is 1.80. The molecule has 0 spiro atoms. The number of hydrogen-bond donors (Lipinski definition) is 2. The van der Waals surface area contributed by atoms with Crippen LogP contribution in [0.4, 0.5) is 0 Å². The molecule has 1 fully saturated rings. The van der Waals surface area contributed by atoms with Gasteiger partial charge in [-0.05, 0) is 11.5 Å². The second-order valence-corrected chi connectivity index (χ2v) is 4.39. The lowest BCUT2D eigenvalue weighted by Gasteiger charge is -2.26. The van der Waals surface area contributed by atoms with Crippen LogP contribution in [0.3, 0.4) is 0 Å². The fourth-order valence-electron chi connectivity index (χ4n) is 2.02. The van der Waals surface area contributed by atoms with Crippen LogP contribution in [0.5, 0.6) is 5.75 Å². The van der Waals surface area contributed by atoms with E-state index in [1.165, 1.54) is 0 Å². The minimum absolute atomic E-state index is 0.0332. The van der Waals surface area contributed by atoms with Gasteiger partial charge in [0.1, 0.15) is 5.75 Å². The molecule has 4 nitrogen and oxygen atoms in total. The Balaban J connectivity index is 1.96. The molecule has 1 aliphatic heterocycles. The molecule has 18 heavy (non-hydrogen) atoms. The van der Waals surface area contributed by atoms with Crippen molar-refractivity contribution in [2.75, 3.05) is 13.2 Å². The number of ether oxygens (including phenoxy) is 1. The average Bonchev–Trinajstić information content (AvgIpc) is 2.34. The first-order valence-corrected chi connectivity index (χ1v) is 5.85. The van der Waals surface area contributed by atoms with E-state index >= 15 is 0 Å².